The lowest BCUT2D eigenvalue weighted by atomic mass is 9.85. The summed E-state index contributed by atoms with van der Waals surface area (Å²) in [5, 5.41) is 12.1. The predicted octanol–water partition coefficient (Wildman–Crippen LogP) is 2.09. The molecule has 21 heavy (non-hydrogen) atoms. The Kier molecular flexibility index (Phi) is 3.92. The molecule has 2 N–H and O–H groups in total. The van der Waals surface area contributed by atoms with Crippen molar-refractivity contribution in [1.29, 1.82) is 0 Å². The number of carbonyl (C=O) groups is 2. The van der Waals surface area contributed by atoms with Gasteiger partial charge >= 0.3 is 5.97 Å². The van der Waals surface area contributed by atoms with E-state index in [0.717, 1.165) is 24.0 Å². The molecule has 1 aliphatic heterocycles. The van der Waals surface area contributed by atoms with Gasteiger partial charge in [-0.05, 0) is 42.5 Å². The van der Waals surface area contributed by atoms with Gasteiger partial charge in [0.1, 0.15) is 0 Å². The van der Waals surface area contributed by atoms with Crippen molar-refractivity contribution in [3.05, 3.63) is 34.9 Å². The molecule has 0 saturated heterocycles. The Labute approximate surface area is 123 Å². The molecule has 1 fully saturated rings. The first-order valence-electron chi connectivity index (χ1n) is 7.36. The molecule has 1 aromatic carbocycles. The van der Waals surface area contributed by atoms with E-state index in [1.807, 2.05) is 12.1 Å². The fourth-order valence-corrected chi connectivity index (χ4v) is 3.13. The molecule has 0 spiro atoms. The number of carboxylic acids is 1. The van der Waals surface area contributed by atoms with Crippen LogP contribution in [0.2, 0.25) is 0 Å². The highest BCUT2D eigenvalue weighted by atomic mass is 16.5. The molecule has 3 rings (SSSR count). The lowest BCUT2D eigenvalue weighted by Gasteiger charge is -2.27. The van der Waals surface area contributed by atoms with Crippen molar-refractivity contribution < 1.29 is 19.4 Å². The van der Waals surface area contributed by atoms with Crippen LogP contribution in [0.25, 0.3) is 0 Å². The van der Waals surface area contributed by atoms with Gasteiger partial charge in [0.05, 0.1) is 19.1 Å². The van der Waals surface area contributed by atoms with Gasteiger partial charge in [0.2, 0.25) is 0 Å². The summed E-state index contributed by atoms with van der Waals surface area (Å²) < 4.78 is 5.34. The summed E-state index contributed by atoms with van der Waals surface area (Å²) in [6.07, 6.45) is 2.93. The van der Waals surface area contributed by atoms with Gasteiger partial charge in [-0.1, -0.05) is 12.5 Å². The minimum absolute atomic E-state index is 0.0446. The number of hydrogen-bond acceptors (Lipinski definition) is 3. The summed E-state index contributed by atoms with van der Waals surface area (Å²) >= 11 is 0. The molecule has 112 valence electrons. The fourth-order valence-electron chi connectivity index (χ4n) is 3.13. The van der Waals surface area contributed by atoms with Crippen LogP contribution in [0.5, 0.6) is 0 Å². The number of rotatable bonds is 3. The van der Waals surface area contributed by atoms with Gasteiger partial charge in [-0.25, -0.2) is 0 Å². The van der Waals surface area contributed by atoms with Crippen LogP contribution in [0.4, 0.5) is 0 Å². The lowest BCUT2D eigenvalue weighted by molar-refractivity contribution is -0.143. The Morgan fingerprint density at radius 1 is 1.19 bits per heavy atom. The van der Waals surface area contributed by atoms with E-state index >= 15 is 0 Å². The van der Waals surface area contributed by atoms with E-state index in [1.54, 1.807) is 6.07 Å². The third-order valence-electron chi connectivity index (χ3n) is 4.34. The van der Waals surface area contributed by atoms with E-state index in [2.05, 4.69) is 5.32 Å². The number of nitrogens with one attached hydrogen (secondary N) is 1. The second kappa shape index (κ2) is 5.85. The first-order chi connectivity index (χ1) is 10.1. The molecule has 2 atom stereocenters. The van der Waals surface area contributed by atoms with Crippen molar-refractivity contribution >= 4 is 11.9 Å². The van der Waals surface area contributed by atoms with Gasteiger partial charge in [-0.3, -0.25) is 9.59 Å². The van der Waals surface area contributed by atoms with Crippen LogP contribution in [0.3, 0.4) is 0 Å². The number of benzene rings is 1. The minimum atomic E-state index is -0.761. The maximum atomic E-state index is 12.3. The van der Waals surface area contributed by atoms with Crippen molar-refractivity contribution in [3.63, 3.8) is 0 Å². The molecule has 1 saturated carbocycles. The third kappa shape index (κ3) is 3.08. The number of carbonyl (C=O) groups excluding carboxylic acids is 1. The number of ether oxygens (including phenoxy) is 1. The highest BCUT2D eigenvalue weighted by molar-refractivity contribution is 5.94. The Bertz CT molecular complexity index is 569. The summed E-state index contributed by atoms with van der Waals surface area (Å²) in [5.74, 6) is -1.22. The molecule has 1 aromatic rings. The Hall–Kier alpha value is -1.88. The number of amides is 1. The van der Waals surface area contributed by atoms with Gasteiger partial charge in [-0.15, -0.1) is 0 Å². The van der Waals surface area contributed by atoms with E-state index in [0.29, 0.717) is 31.6 Å². The molecular weight excluding hydrogens is 270 g/mol. The fraction of sp³-hybridized carbons (Fsp3) is 0.500. The van der Waals surface area contributed by atoms with E-state index in [1.165, 1.54) is 0 Å². The Morgan fingerprint density at radius 3 is 2.81 bits per heavy atom. The molecule has 0 radical (unpaired) electrons. The molecule has 1 aliphatic carbocycles. The van der Waals surface area contributed by atoms with Crippen molar-refractivity contribution in [1.82, 2.24) is 5.32 Å². The first kappa shape index (κ1) is 14.1. The molecule has 1 heterocycles. The zero-order valence-electron chi connectivity index (χ0n) is 11.8. The predicted molar refractivity (Wildman–Crippen MR) is 75.8 cm³/mol. The second-order valence-electron chi connectivity index (χ2n) is 5.85. The molecule has 2 aliphatic rings. The van der Waals surface area contributed by atoms with Crippen molar-refractivity contribution in [2.75, 3.05) is 0 Å². The van der Waals surface area contributed by atoms with Crippen LogP contribution in [0.15, 0.2) is 18.2 Å². The maximum Gasteiger partial charge on any atom is 0.306 e. The zero-order chi connectivity index (χ0) is 14.8. The minimum Gasteiger partial charge on any atom is -0.481 e. The number of hydrogen-bond donors (Lipinski definition) is 2. The molecule has 1 amide bonds. The molecule has 5 nitrogen and oxygen atoms in total. The lowest BCUT2D eigenvalue weighted by Crippen LogP contribution is -2.39. The summed E-state index contributed by atoms with van der Waals surface area (Å²) in [6, 6.07) is 5.56. The smallest absolute Gasteiger partial charge is 0.306 e. The summed E-state index contributed by atoms with van der Waals surface area (Å²) in [7, 11) is 0. The zero-order valence-corrected chi connectivity index (χ0v) is 11.8. The van der Waals surface area contributed by atoms with E-state index < -0.39 is 5.97 Å². The molecule has 0 bridgehead atoms. The monoisotopic (exact) mass is 289 g/mol. The first-order valence-corrected chi connectivity index (χ1v) is 7.36. The topological polar surface area (TPSA) is 75.6 Å². The van der Waals surface area contributed by atoms with Crippen molar-refractivity contribution in [2.45, 2.75) is 44.9 Å². The van der Waals surface area contributed by atoms with Gasteiger partial charge < -0.3 is 15.2 Å². The SMILES string of the molecule is O=C(NC1CCCC(C(=O)O)C1)c1ccc2c(c1)COC2. The maximum absolute atomic E-state index is 12.3. The average Bonchev–Trinajstić information content (AvgIpc) is 2.94. The van der Waals surface area contributed by atoms with Crippen molar-refractivity contribution in [2.24, 2.45) is 5.92 Å². The molecule has 0 aromatic heterocycles. The summed E-state index contributed by atoms with van der Waals surface area (Å²) in [5.41, 5.74) is 2.82. The molecule has 2 unspecified atom stereocenters. The van der Waals surface area contributed by atoms with E-state index in [-0.39, 0.29) is 17.9 Å². The molecular formula is C16H19NO4. The van der Waals surface area contributed by atoms with Gasteiger partial charge in [0.15, 0.2) is 0 Å². The summed E-state index contributed by atoms with van der Waals surface area (Å²) in [4.78, 5) is 23.3. The Balaban J connectivity index is 1.64. The van der Waals surface area contributed by atoms with Crippen LogP contribution >= 0.6 is 0 Å². The quantitative estimate of drug-likeness (QED) is 0.893. The van der Waals surface area contributed by atoms with Gasteiger partial charge in [0.25, 0.3) is 5.91 Å². The van der Waals surface area contributed by atoms with Crippen LogP contribution in [-0.4, -0.2) is 23.0 Å². The Morgan fingerprint density at radius 2 is 2.00 bits per heavy atom. The van der Waals surface area contributed by atoms with Crippen LogP contribution < -0.4 is 5.32 Å². The van der Waals surface area contributed by atoms with Gasteiger partial charge in [0, 0.05) is 11.6 Å². The standard InChI is InChI=1S/C16H19NO4/c18-15(10-4-5-12-8-21-9-13(12)6-10)17-14-3-1-2-11(7-14)16(19)20/h4-6,11,14H,1-3,7-9H2,(H,17,18)(H,19,20). The van der Waals surface area contributed by atoms with Crippen LogP contribution in [-0.2, 0) is 22.7 Å². The molecule has 5 heteroatoms. The average molecular weight is 289 g/mol. The highest BCUT2D eigenvalue weighted by Crippen LogP contribution is 2.25. The van der Waals surface area contributed by atoms with Crippen molar-refractivity contribution in [3.8, 4) is 0 Å². The highest BCUT2D eigenvalue weighted by Gasteiger charge is 2.28. The normalized spacial score (nSPS) is 24.4. The van der Waals surface area contributed by atoms with E-state index in [4.69, 9.17) is 9.84 Å². The number of aliphatic carboxylic acids is 1. The number of carboxylic acid groups (broad SMARTS) is 1. The number of fused-ring (bicyclic) bond motifs is 1. The van der Waals surface area contributed by atoms with E-state index in [9.17, 15) is 9.59 Å². The van der Waals surface area contributed by atoms with Crippen LogP contribution in [0.1, 0.15) is 47.2 Å². The second-order valence-corrected chi connectivity index (χ2v) is 5.85. The van der Waals surface area contributed by atoms with Crippen LogP contribution in [0, 0.1) is 5.92 Å². The third-order valence-corrected chi connectivity index (χ3v) is 4.34. The van der Waals surface area contributed by atoms with Gasteiger partial charge in [-0.2, -0.15) is 0 Å². The largest absolute Gasteiger partial charge is 0.481 e. The summed E-state index contributed by atoms with van der Waals surface area (Å²) in [6.45, 7) is 1.17.